The van der Waals surface area contributed by atoms with Crippen LogP contribution >= 0.6 is 0 Å². The van der Waals surface area contributed by atoms with E-state index in [1.54, 1.807) is 20.8 Å². The number of hydrogen-bond donors (Lipinski definition) is 1. The number of carbonyl (C=O) groups excluding carboxylic acids is 1. The van der Waals surface area contributed by atoms with Crippen molar-refractivity contribution in [1.82, 2.24) is 4.72 Å². The highest BCUT2D eigenvalue weighted by molar-refractivity contribution is 7.84. The molecule has 1 aromatic carbocycles. The highest BCUT2D eigenvalue weighted by Gasteiger charge is 2.59. The van der Waals surface area contributed by atoms with Gasteiger partial charge in [-0.1, -0.05) is 12.1 Å². The first kappa shape index (κ1) is 24.4. The molecule has 0 saturated carbocycles. The second kappa shape index (κ2) is 8.41. The van der Waals surface area contributed by atoms with Gasteiger partial charge in [0.05, 0.1) is 29.3 Å². The van der Waals surface area contributed by atoms with E-state index >= 15 is 0 Å². The van der Waals surface area contributed by atoms with E-state index in [0.717, 1.165) is 0 Å². The summed E-state index contributed by atoms with van der Waals surface area (Å²) >= 11 is 0. The summed E-state index contributed by atoms with van der Waals surface area (Å²) in [5.41, 5.74) is -4.17. The van der Waals surface area contributed by atoms with Gasteiger partial charge in [0, 0.05) is 0 Å². The Balaban J connectivity index is 3.59. The lowest BCUT2D eigenvalue weighted by atomic mass is 9.86. The Morgan fingerprint density at radius 1 is 1.11 bits per heavy atom. The minimum atomic E-state index is -4.95. The number of ether oxygens (including phenoxy) is 2. The molecule has 5 nitrogen and oxygen atoms in total. The second-order valence-electron chi connectivity index (χ2n) is 8.38. The fraction of sp³-hybridized carbons (Fsp3) is 0.632. The number of esters is 1. The molecule has 0 aliphatic carbocycles. The van der Waals surface area contributed by atoms with Gasteiger partial charge in [0.2, 0.25) is 0 Å². The van der Waals surface area contributed by atoms with Crippen molar-refractivity contribution < 1.29 is 31.6 Å². The zero-order valence-electron chi connectivity index (χ0n) is 17.2. The van der Waals surface area contributed by atoms with E-state index in [4.69, 9.17) is 9.47 Å². The number of hydrogen-bond acceptors (Lipinski definition) is 4. The molecule has 0 aromatic heterocycles. The van der Waals surface area contributed by atoms with Gasteiger partial charge >= 0.3 is 12.1 Å². The van der Waals surface area contributed by atoms with E-state index in [1.165, 1.54) is 52.1 Å². The molecule has 28 heavy (non-hydrogen) atoms. The Morgan fingerprint density at radius 2 is 1.68 bits per heavy atom. The van der Waals surface area contributed by atoms with Crippen molar-refractivity contribution in [3.05, 3.63) is 29.8 Å². The summed E-state index contributed by atoms with van der Waals surface area (Å²) in [6.07, 6.45) is -6.03. The van der Waals surface area contributed by atoms with Crippen LogP contribution in [-0.2, 0) is 26.1 Å². The van der Waals surface area contributed by atoms with Crippen LogP contribution in [0.15, 0.2) is 24.3 Å². The van der Waals surface area contributed by atoms with Gasteiger partial charge in [0.1, 0.15) is 11.4 Å². The number of halogens is 3. The Labute approximate surface area is 166 Å². The Morgan fingerprint density at radius 3 is 2.11 bits per heavy atom. The average Bonchev–Trinajstić information content (AvgIpc) is 2.50. The largest absolute Gasteiger partial charge is 0.497 e. The molecule has 0 radical (unpaired) electrons. The van der Waals surface area contributed by atoms with Crippen LogP contribution in [0.25, 0.3) is 0 Å². The van der Waals surface area contributed by atoms with Crippen LogP contribution in [0.3, 0.4) is 0 Å². The third-order valence-corrected chi connectivity index (χ3v) is 5.35. The third kappa shape index (κ3) is 6.20. The molecule has 1 aromatic rings. The molecule has 1 N–H and O–H groups in total. The van der Waals surface area contributed by atoms with Crippen molar-refractivity contribution in [1.29, 1.82) is 0 Å². The smallest absolute Gasteiger partial charge is 0.412 e. The van der Waals surface area contributed by atoms with E-state index < -0.39 is 45.4 Å². The molecular formula is C19H28F3NO4S. The van der Waals surface area contributed by atoms with Crippen LogP contribution in [-0.4, -0.2) is 33.8 Å². The Hall–Kier alpha value is -1.61. The van der Waals surface area contributed by atoms with Crippen molar-refractivity contribution >= 4 is 17.0 Å². The lowest BCUT2D eigenvalue weighted by Gasteiger charge is -2.38. The maximum atomic E-state index is 14.4. The molecule has 0 aliphatic heterocycles. The van der Waals surface area contributed by atoms with E-state index in [1.807, 2.05) is 0 Å². The highest BCUT2D eigenvalue weighted by Crippen LogP contribution is 2.44. The van der Waals surface area contributed by atoms with Gasteiger partial charge in [-0.05, 0) is 59.2 Å². The number of carbonyl (C=O) groups is 1. The quantitative estimate of drug-likeness (QED) is 0.696. The van der Waals surface area contributed by atoms with Crippen molar-refractivity contribution in [3.63, 3.8) is 0 Å². The first-order chi connectivity index (χ1) is 12.5. The molecule has 0 bridgehead atoms. The van der Waals surface area contributed by atoms with Gasteiger partial charge in [0.25, 0.3) is 0 Å². The maximum absolute atomic E-state index is 14.4. The summed E-state index contributed by atoms with van der Waals surface area (Å²) in [5, 5.41) is 0. The first-order valence-electron chi connectivity index (χ1n) is 8.65. The predicted octanol–water partition coefficient (Wildman–Crippen LogP) is 4.24. The van der Waals surface area contributed by atoms with Gasteiger partial charge < -0.3 is 9.47 Å². The predicted molar refractivity (Wildman–Crippen MR) is 102 cm³/mol. The summed E-state index contributed by atoms with van der Waals surface area (Å²) in [6.45, 7) is 9.30. The lowest BCUT2D eigenvalue weighted by molar-refractivity contribution is -0.205. The van der Waals surface area contributed by atoms with Crippen LogP contribution < -0.4 is 9.46 Å². The molecular weight excluding hydrogens is 395 g/mol. The Kier molecular flexibility index (Phi) is 7.33. The van der Waals surface area contributed by atoms with Crippen LogP contribution in [0.5, 0.6) is 5.75 Å². The van der Waals surface area contributed by atoms with Gasteiger partial charge in [0.15, 0.2) is 5.54 Å². The number of methoxy groups -OCH3 is 1. The molecule has 1 rings (SSSR count). The van der Waals surface area contributed by atoms with Gasteiger partial charge in [-0.2, -0.15) is 13.2 Å². The topological polar surface area (TPSA) is 64.6 Å². The molecule has 9 heteroatoms. The fourth-order valence-corrected chi connectivity index (χ4v) is 3.24. The van der Waals surface area contributed by atoms with Crippen molar-refractivity contribution in [2.45, 2.75) is 70.0 Å². The number of alkyl halides is 3. The monoisotopic (exact) mass is 423 g/mol. The SMILES string of the molecule is COc1cccc([C@@](CC(=O)OC(C)(C)C)(N[S@@](=O)C(C)(C)C)C(F)(F)F)c1. The molecule has 0 amide bonds. The number of nitrogens with one attached hydrogen (secondary N) is 1. The Bertz CT molecular complexity index is 723. The third-order valence-electron chi connectivity index (χ3n) is 3.70. The normalized spacial score (nSPS) is 16.2. The standard InChI is InChI=1S/C19H28F3NO4S/c1-16(2,3)27-15(24)12-18(19(20,21)22,23-28(25)17(4,5)6)13-9-8-10-14(11-13)26-7/h8-11,23H,12H2,1-7H3/t18-,28+/m1/s1. The molecule has 0 aliphatic rings. The number of rotatable bonds is 6. The summed E-state index contributed by atoms with van der Waals surface area (Å²) in [4.78, 5) is 12.4. The van der Waals surface area contributed by atoms with Gasteiger partial charge in [-0.3, -0.25) is 4.79 Å². The maximum Gasteiger partial charge on any atom is 0.412 e. The van der Waals surface area contributed by atoms with Crippen molar-refractivity contribution in [2.75, 3.05) is 7.11 Å². The molecule has 0 saturated heterocycles. The molecule has 0 heterocycles. The van der Waals surface area contributed by atoms with Crippen LogP contribution in [0.1, 0.15) is 53.5 Å². The lowest BCUT2D eigenvalue weighted by Crippen LogP contribution is -2.58. The molecule has 0 fully saturated rings. The second-order valence-corrected chi connectivity index (χ2v) is 10.3. The van der Waals surface area contributed by atoms with E-state index in [9.17, 15) is 22.2 Å². The van der Waals surface area contributed by atoms with E-state index in [-0.39, 0.29) is 11.3 Å². The van der Waals surface area contributed by atoms with E-state index in [2.05, 4.69) is 4.72 Å². The zero-order valence-corrected chi connectivity index (χ0v) is 18.0. The number of benzene rings is 1. The zero-order chi connectivity index (χ0) is 22.0. The van der Waals surface area contributed by atoms with Crippen LogP contribution in [0.2, 0.25) is 0 Å². The van der Waals surface area contributed by atoms with E-state index in [0.29, 0.717) is 0 Å². The van der Waals surface area contributed by atoms with Gasteiger partial charge in [-0.15, -0.1) is 0 Å². The highest BCUT2D eigenvalue weighted by atomic mass is 32.2. The summed E-state index contributed by atoms with van der Waals surface area (Å²) in [5.74, 6) is -0.885. The molecule has 2 atom stereocenters. The van der Waals surface area contributed by atoms with Crippen LogP contribution in [0.4, 0.5) is 13.2 Å². The minimum Gasteiger partial charge on any atom is -0.497 e. The van der Waals surface area contributed by atoms with Crippen molar-refractivity contribution in [2.24, 2.45) is 0 Å². The molecule has 0 unspecified atom stereocenters. The first-order valence-corrected chi connectivity index (χ1v) is 9.79. The summed E-state index contributed by atoms with van der Waals surface area (Å²) < 4.78 is 67.2. The van der Waals surface area contributed by atoms with Crippen LogP contribution in [0, 0.1) is 0 Å². The van der Waals surface area contributed by atoms with Gasteiger partial charge in [-0.25, -0.2) is 8.93 Å². The minimum absolute atomic E-state index is 0.179. The molecule has 160 valence electrons. The van der Waals surface area contributed by atoms with Crippen molar-refractivity contribution in [3.8, 4) is 5.75 Å². The fourth-order valence-electron chi connectivity index (χ4n) is 2.31. The summed E-state index contributed by atoms with van der Waals surface area (Å²) in [7, 11) is -0.798. The summed E-state index contributed by atoms with van der Waals surface area (Å²) in [6, 6.07) is 5.25. The average molecular weight is 423 g/mol. The molecule has 0 spiro atoms.